The Labute approximate surface area is 96.6 Å². The molecule has 2 heteroatoms. The molecule has 84 valence electrons. The molecule has 0 saturated heterocycles. The first-order chi connectivity index (χ1) is 7.41. The van der Waals surface area contributed by atoms with Gasteiger partial charge in [-0.2, -0.15) is 0 Å². The molecule has 0 atom stereocenters. The minimum Gasteiger partial charge on any atom is -0.307 e. The summed E-state index contributed by atoms with van der Waals surface area (Å²) in [5.41, 5.74) is 2.57. The lowest BCUT2D eigenvalue weighted by molar-refractivity contribution is 0.0654. The molecule has 2 rings (SSSR count). The molecule has 0 aromatic heterocycles. The Morgan fingerprint density at radius 3 is 2.50 bits per heavy atom. The zero-order chi connectivity index (χ0) is 11.9. The Morgan fingerprint density at radius 2 is 1.88 bits per heavy atom. The van der Waals surface area contributed by atoms with E-state index in [1.54, 1.807) is 4.90 Å². The molecule has 0 bridgehead atoms. The topological polar surface area (TPSA) is 20.3 Å². The first-order valence-electron chi connectivity index (χ1n) is 5.51. The average Bonchev–Trinajstić information content (AvgIpc) is 2.15. The van der Waals surface area contributed by atoms with Crippen LogP contribution in [0.3, 0.4) is 0 Å². The zero-order valence-electron chi connectivity index (χ0n) is 10.1. The van der Waals surface area contributed by atoms with Gasteiger partial charge in [-0.05, 0) is 32.4 Å². The third-order valence-electron chi connectivity index (χ3n) is 2.83. The van der Waals surface area contributed by atoms with E-state index in [0.717, 1.165) is 23.2 Å². The van der Waals surface area contributed by atoms with Crippen molar-refractivity contribution in [2.45, 2.75) is 32.7 Å². The van der Waals surface area contributed by atoms with Crippen LogP contribution in [0.4, 0.5) is 0 Å². The molecule has 0 aliphatic carbocycles. The molecule has 16 heavy (non-hydrogen) atoms. The number of carbonyl (C=O) groups excluding carboxylic acids is 1. The number of hydrogen-bond acceptors (Lipinski definition) is 1. The molecular formula is C14H17NO. The van der Waals surface area contributed by atoms with Crippen LogP contribution < -0.4 is 0 Å². The fraction of sp³-hybridized carbons (Fsp3) is 0.357. The van der Waals surface area contributed by atoms with Gasteiger partial charge in [0.05, 0.1) is 0 Å². The van der Waals surface area contributed by atoms with E-state index in [9.17, 15) is 4.79 Å². The van der Waals surface area contributed by atoms with Crippen molar-refractivity contribution in [1.82, 2.24) is 4.90 Å². The van der Waals surface area contributed by atoms with Gasteiger partial charge in [0, 0.05) is 23.2 Å². The Kier molecular flexibility index (Phi) is 2.38. The van der Waals surface area contributed by atoms with Gasteiger partial charge in [0.1, 0.15) is 0 Å². The lowest BCUT2D eigenvalue weighted by atomic mass is 9.92. The number of allylic oxidation sites excluding steroid dienone is 1. The molecule has 0 spiro atoms. The number of rotatable bonds is 0. The smallest absolute Gasteiger partial charge is 0.258 e. The van der Waals surface area contributed by atoms with Gasteiger partial charge in [-0.25, -0.2) is 0 Å². The highest BCUT2D eigenvalue weighted by atomic mass is 16.2. The van der Waals surface area contributed by atoms with Crippen molar-refractivity contribution >= 4 is 5.91 Å². The van der Waals surface area contributed by atoms with Crippen LogP contribution in [0, 0.1) is 0 Å². The van der Waals surface area contributed by atoms with Gasteiger partial charge in [0.2, 0.25) is 0 Å². The zero-order valence-corrected chi connectivity index (χ0v) is 10.1. The summed E-state index contributed by atoms with van der Waals surface area (Å²) >= 11 is 0. The SMILES string of the molecule is C=C1Cc2ccccc2C(=O)N1C(C)(C)C. The van der Waals surface area contributed by atoms with E-state index in [4.69, 9.17) is 0 Å². The second-order valence-electron chi connectivity index (χ2n) is 5.21. The molecule has 1 aliphatic heterocycles. The molecule has 0 radical (unpaired) electrons. The fourth-order valence-corrected chi connectivity index (χ4v) is 2.23. The highest BCUT2D eigenvalue weighted by Crippen LogP contribution is 2.30. The van der Waals surface area contributed by atoms with Crippen molar-refractivity contribution in [3.63, 3.8) is 0 Å². The lowest BCUT2D eigenvalue weighted by Crippen LogP contribution is -2.47. The molecule has 1 heterocycles. The number of benzene rings is 1. The van der Waals surface area contributed by atoms with Gasteiger partial charge >= 0.3 is 0 Å². The van der Waals surface area contributed by atoms with Crippen molar-refractivity contribution in [3.8, 4) is 0 Å². The molecule has 0 unspecified atom stereocenters. The molecule has 1 aliphatic rings. The summed E-state index contributed by atoms with van der Waals surface area (Å²) in [5.74, 6) is 0.0688. The Balaban J connectivity index is 2.50. The van der Waals surface area contributed by atoms with E-state index in [1.165, 1.54) is 0 Å². The van der Waals surface area contributed by atoms with E-state index in [1.807, 2.05) is 45.0 Å². The summed E-state index contributed by atoms with van der Waals surface area (Å²) in [6.45, 7) is 10.1. The molecule has 0 fully saturated rings. The average molecular weight is 215 g/mol. The van der Waals surface area contributed by atoms with Crippen LogP contribution >= 0.6 is 0 Å². The van der Waals surface area contributed by atoms with Gasteiger partial charge in [-0.1, -0.05) is 24.8 Å². The molecule has 0 N–H and O–H groups in total. The van der Waals surface area contributed by atoms with E-state index < -0.39 is 0 Å². The van der Waals surface area contributed by atoms with Crippen molar-refractivity contribution in [2.75, 3.05) is 0 Å². The van der Waals surface area contributed by atoms with E-state index in [-0.39, 0.29) is 11.4 Å². The summed E-state index contributed by atoms with van der Waals surface area (Å²) in [7, 11) is 0. The fourth-order valence-electron chi connectivity index (χ4n) is 2.23. The number of fused-ring (bicyclic) bond motifs is 1. The lowest BCUT2D eigenvalue weighted by Gasteiger charge is -2.40. The number of nitrogens with zero attached hydrogens (tertiary/aromatic N) is 1. The Bertz CT molecular complexity index is 454. The first kappa shape index (κ1) is 10.9. The number of amides is 1. The summed E-state index contributed by atoms with van der Waals surface area (Å²) < 4.78 is 0. The van der Waals surface area contributed by atoms with Crippen LogP contribution in [0.1, 0.15) is 36.7 Å². The summed E-state index contributed by atoms with van der Waals surface area (Å²) in [6.07, 6.45) is 0.763. The van der Waals surface area contributed by atoms with Crippen molar-refractivity contribution in [1.29, 1.82) is 0 Å². The maximum atomic E-state index is 12.3. The summed E-state index contributed by atoms with van der Waals surface area (Å²) in [6, 6.07) is 7.76. The predicted octanol–water partition coefficient (Wildman–Crippen LogP) is 3.00. The van der Waals surface area contributed by atoms with Gasteiger partial charge < -0.3 is 4.90 Å². The van der Waals surface area contributed by atoms with Crippen LogP contribution in [-0.2, 0) is 6.42 Å². The third kappa shape index (κ3) is 1.64. The van der Waals surface area contributed by atoms with E-state index >= 15 is 0 Å². The van der Waals surface area contributed by atoms with Crippen molar-refractivity contribution in [3.05, 3.63) is 47.7 Å². The molecule has 1 amide bonds. The van der Waals surface area contributed by atoms with Crippen LogP contribution in [0.2, 0.25) is 0 Å². The molecule has 2 nitrogen and oxygen atoms in total. The Morgan fingerprint density at radius 1 is 1.25 bits per heavy atom. The quantitative estimate of drug-likeness (QED) is 0.651. The second-order valence-corrected chi connectivity index (χ2v) is 5.21. The van der Waals surface area contributed by atoms with Crippen LogP contribution in [-0.4, -0.2) is 16.3 Å². The van der Waals surface area contributed by atoms with Gasteiger partial charge in [-0.3, -0.25) is 4.79 Å². The van der Waals surface area contributed by atoms with Gasteiger partial charge in [0.25, 0.3) is 5.91 Å². The minimum atomic E-state index is -0.207. The second kappa shape index (κ2) is 3.48. The van der Waals surface area contributed by atoms with Crippen LogP contribution in [0.25, 0.3) is 0 Å². The monoisotopic (exact) mass is 215 g/mol. The van der Waals surface area contributed by atoms with Gasteiger partial charge in [0.15, 0.2) is 0 Å². The van der Waals surface area contributed by atoms with Crippen LogP contribution in [0.15, 0.2) is 36.5 Å². The highest BCUT2D eigenvalue weighted by molar-refractivity contribution is 5.98. The predicted molar refractivity (Wildman–Crippen MR) is 65.2 cm³/mol. The maximum absolute atomic E-state index is 12.3. The van der Waals surface area contributed by atoms with Crippen molar-refractivity contribution in [2.24, 2.45) is 0 Å². The number of hydrogen-bond donors (Lipinski definition) is 0. The van der Waals surface area contributed by atoms with Gasteiger partial charge in [-0.15, -0.1) is 0 Å². The normalized spacial score (nSPS) is 16.3. The van der Waals surface area contributed by atoms with E-state index in [0.29, 0.717) is 0 Å². The number of carbonyl (C=O) groups is 1. The molecular weight excluding hydrogens is 198 g/mol. The Hall–Kier alpha value is -1.57. The first-order valence-corrected chi connectivity index (χ1v) is 5.51. The molecule has 1 aromatic carbocycles. The summed E-state index contributed by atoms with van der Waals surface area (Å²) in [4.78, 5) is 14.1. The largest absolute Gasteiger partial charge is 0.307 e. The molecule has 1 aromatic rings. The van der Waals surface area contributed by atoms with Crippen LogP contribution in [0.5, 0.6) is 0 Å². The minimum absolute atomic E-state index is 0.0688. The summed E-state index contributed by atoms with van der Waals surface area (Å²) in [5, 5.41) is 0. The van der Waals surface area contributed by atoms with E-state index in [2.05, 4.69) is 6.58 Å². The third-order valence-corrected chi connectivity index (χ3v) is 2.83. The molecule has 0 saturated carbocycles. The highest BCUT2D eigenvalue weighted by Gasteiger charge is 2.34. The standard InChI is InChI=1S/C14H17NO/c1-10-9-11-7-5-6-8-12(11)13(16)15(10)14(2,3)4/h5-8H,1,9H2,2-4H3. The maximum Gasteiger partial charge on any atom is 0.258 e. The van der Waals surface area contributed by atoms with Crippen molar-refractivity contribution < 1.29 is 4.79 Å².